The maximum Gasteiger partial charge on any atom is 0.0278 e. The third-order valence-electron chi connectivity index (χ3n) is 3.91. The molecule has 2 rings (SSSR count). The minimum Gasteiger partial charge on any atom is -0.367 e. The highest BCUT2D eigenvalue weighted by Crippen LogP contribution is 2.15. The van der Waals surface area contributed by atoms with Gasteiger partial charge in [0.25, 0.3) is 0 Å². The molecule has 2 N–H and O–H groups in total. The number of nitrogens with zero attached hydrogens (tertiary/aromatic N) is 2. The van der Waals surface area contributed by atoms with Crippen LogP contribution in [0.4, 0.5) is 0 Å². The maximum absolute atomic E-state index is 3.56. The first-order valence-electron chi connectivity index (χ1n) is 6.84. The molecule has 1 saturated heterocycles. The molecule has 1 aliphatic rings. The Morgan fingerprint density at radius 2 is 2.00 bits per heavy atom. The Bertz CT molecular complexity index is 337. The van der Waals surface area contributed by atoms with E-state index in [0.717, 1.165) is 13.1 Å². The summed E-state index contributed by atoms with van der Waals surface area (Å²) in [5.41, 5.74) is 1.56. The van der Waals surface area contributed by atoms with Crippen molar-refractivity contribution in [2.45, 2.75) is 25.9 Å². The molecular formula is C14H26N4. The lowest BCUT2D eigenvalue weighted by Crippen LogP contribution is -2.57. The van der Waals surface area contributed by atoms with Gasteiger partial charge in [0.1, 0.15) is 0 Å². The van der Waals surface area contributed by atoms with E-state index in [-0.39, 0.29) is 5.54 Å². The first kappa shape index (κ1) is 13.6. The standard InChI is InChI=1S/C14H26N4/c1-14(2,18-8-6-17(3)7-9-18)12-16-11-13-4-5-15-10-13/h4-5,10,15-16H,6-9,11-12H2,1-3H3. The van der Waals surface area contributed by atoms with Gasteiger partial charge in [-0.25, -0.2) is 0 Å². The molecule has 0 bridgehead atoms. The number of nitrogens with one attached hydrogen (secondary N) is 2. The Morgan fingerprint density at radius 1 is 1.28 bits per heavy atom. The summed E-state index contributed by atoms with van der Waals surface area (Å²) in [6.07, 6.45) is 4.03. The lowest BCUT2D eigenvalue weighted by atomic mass is 10.0. The summed E-state index contributed by atoms with van der Waals surface area (Å²) in [7, 11) is 2.20. The van der Waals surface area contributed by atoms with E-state index >= 15 is 0 Å². The molecule has 0 aliphatic carbocycles. The van der Waals surface area contributed by atoms with Gasteiger partial charge in [-0.2, -0.15) is 0 Å². The fourth-order valence-electron chi connectivity index (χ4n) is 2.50. The zero-order valence-corrected chi connectivity index (χ0v) is 11.9. The molecule has 2 heterocycles. The molecule has 1 aromatic heterocycles. The normalized spacial score (nSPS) is 19.3. The molecule has 18 heavy (non-hydrogen) atoms. The maximum atomic E-state index is 3.56. The second-order valence-corrected chi connectivity index (χ2v) is 5.93. The van der Waals surface area contributed by atoms with Gasteiger partial charge in [-0.3, -0.25) is 4.90 Å². The summed E-state index contributed by atoms with van der Waals surface area (Å²) >= 11 is 0. The van der Waals surface area contributed by atoms with Crippen LogP contribution in [0.25, 0.3) is 0 Å². The number of likely N-dealkylation sites (N-methyl/N-ethyl adjacent to an activating group) is 1. The highest BCUT2D eigenvalue weighted by molar-refractivity contribution is 5.07. The van der Waals surface area contributed by atoms with Crippen LogP contribution in [0.15, 0.2) is 18.5 Å². The molecule has 0 aromatic carbocycles. The molecule has 1 fully saturated rings. The third kappa shape index (κ3) is 3.57. The predicted octanol–water partition coefficient (Wildman–Crippen LogP) is 1.13. The SMILES string of the molecule is CN1CCN(C(C)(C)CNCc2cc[nH]c2)CC1. The van der Waals surface area contributed by atoms with E-state index in [1.54, 1.807) is 0 Å². The Hall–Kier alpha value is -0.840. The summed E-state index contributed by atoms with van der Waals surface area (Å²) in [6, 6.07) is 2.12. The molecule has 1 aliphatic heterocycles. The average Bonchev–Trinajstić information content (AvgIpc) is 2.82. The van der Waals surface area contributed by atoms with Gasteiger partial charge in [0.2, 0.25) is 0 Å². The van der Waals surface area contributed by atoms with Gasteiger partial charge in [0.05, 0.1) is 0 Å². The van der Waals surface area contributed by atoms with Gasteiger partial charge in [-0.1, -0.05) is 0 Å². The van der Waals surface area contributed by atoms with Gasteiger partial charge in [-0.15, -0.1) is 0 Å². The fraction of sp³-hybridized carbons (Fsp3) is 0.714. The second kappa shape index (κ2) is 5.87. The molecule has 0 atom stereocenters. The van der Waals surface area contributed by atoms with Gasteiger partial charge < -0.3 is 15.2 Å². The minimum absolute atomic E-state index is 0.234. The summed E-state index contributed by atoms with van der Waals surface area (Å²) < 4.78 is 0. The number of rotatable bonds is 5. The van der Waals surface area contributed by atoms with E-state index in [9.17, 15) is 0 Å². The topological polar surface area (TPSA) is 34.3 Å². The summed E-state index contributed by atoms with van der Waals surface area (Å²) in [5.74, 6) is 0. The molecular weight excluding hydrogens is 224 g/mol. The fourth-order valence-corrected chi connectivity index (χ4v) is 2.50. The molecule has 4 nitrogen and oxygen atoms in total. The number of hydrogen-bond donors (Lipinski definition) is 2. The third-order valence-corrected chi connectivity index (χ3v) is 3.91. The first-order valence-corrected chi connectivity index (χ1v) is 6.84. The Labute approximate surface area is 110 Å². The van der Waals surface area contributed by atoms with Crippen LogP contribution in [0, 0.1) is 0 Å². The van der Waals surface area contributed by atoms with E-state index in [0.29, 0.717) is 0 Å². The first-order chi connectivity index (χ1) is 8.58. The van der Waals surface area contributed by atoms with Gasteiger partial charge >= 0.3 is 0 Å². The second-order valence-electron chi connectivity index (χ2n) is 5.93. The zero-order valence-electron chi connectivity index (χ0n) is 11.9. The lowest BCUT2D eigenvalue weighted by molar-refractivity contribution is 0.0618. The quantitative estimate of drug-likeness (QED) is 0.822. The van der Waals surface area contributed by atoms with Gasteiger partial charge in [-0.05, 0) is 32.5 Å². The van der Waals surface area contributed by atoms with E-state index in [4.69, 9.17) is 0 Å². The van der Waals surface area contributed by atoms with Crippen LogP contribution in [-0.2, 0) is 6.54 Å². The molecule has 0 amide bonds. The van der Waals surface area contributed by atoms with E-state index in [2.05, 4.69) is 53.3 Å². The lowest BCUT2D eigenvalue weighted by Gasteiger charge is -2.43. The summed E-state index contributed by atoms with van der Waals surface area (Å²) in [5, 5.41) is 3.56. The van der Waals surface area contributed by atoms with Crippen LogP contribution >= 0.6 is 0 Å². The van der Waals surface area contributed by atoms with Crippen LogP contribution in [0.3, 0.4) is 0 Å². The van der Waals surface area contributed by atoms with Crippen LogP contribution < -0.4 is 5.32 Å². The van der Waals surface area contributed by atoms with E-state index in [1.165, 1.54) is 31.7 Å². The smallest absolute Gasteiger partial charge is 0.0278 e. The zero-order chi connectivity index (χ0) is 13.0. The van der Waals surface area contributed by atoms with Crippen LogP contribution in [-0.4, -0.2) is 60.1 Å². The van der Waals surface area contributed by atoms with Crippen LogP contribution in [0.1, 0.15) is 19.4 Å². The molecule has 102 valence electrons. The summed E-state index contributed by atoms with van der Waals surface area (Å²) in [6.45, 7) is 11.4. The Balaban J connectivity index is 1.76. The van der Waals surface area contributed by atoms with E-state index < -0.39 is 0 Å². The molecule has 1 aromatic rings. The van der Waals surface area contributed by atoms with Crippen molar-refractivity contribution < 1.29 is 0 Å². The summed E-state index contributed by atoms with van der Waals surface area (Å²) in [4.78, 5) is 8.09. The van der Waals surface area contributed by atoms with Crippen molar-refractivity contribution in [2.24, 2.45) is 0 Å². The van der Waals surface area contributed by atoms with Crippen molar-refractivity contribution in [1.29, 1.82) is 0 Å². The van der Waals surface area contributed by atoms with Crippen molar-refractivity contribution in [3.63, 3.8) is 0 Å². The number of piperazine rings is 1. The largest absolute Gasteiger partial charge is 0.367 e. The van der Waals surface area contributed by atoms with Crippen molar-refractivity contribution in [2.75, 3.05) is 39.8 Å². The van der Waals surface area contributed by atoms with Crippen molar-refractivity contribution in [3.8, 4) is 0 Å². The number of aromatic amines is 1. The predicted molar refractivity (Wildman–Crippen MR) is 75.6 cm³/mol. The molecule has 0 unspecified atom stereocenters. The molecule has 4 heteroatoms. The highest BCUT2D eigenvalue weighted by atomic mass is 15.3. The van der Waals surface area contributed by atoms with E-state index in [1.807, 2.05) is 6.20 Å². The number of aromatic nitrogens is 1. The molecule has 0 saturated carbocycles. The Morgan fingerprint density at radius 3 is 2.61 bits per heavy atom. The van der Waals surface area contributed by atoms with Crippen molar-refractivity contribution in [3.05, 3.63) is 24.0 Å². The highest BCUT2D eigenvalue weighted by Gasteiger charge is 2.28. The van der Waals surface area contributed by atoms with Crippen LogP contribution in [0.5, 0.6) is 0 Å². The van der Waals surface area contributed by atoms with Crippen molar-refractivity contribution >= 4 is 0 Å². The molecule has 0 radical (unpaired) electrons. The van der Waals surface area contributed by atoms with Gasteiger partial charge in [0, 0.05) is 57.2 Å². The monoisotopic (exact) mass is 250 g/mol. The van der Waals surface area contributed by atoms with Crippen LogP contribution in [0.2, 0.25) is 0 Å². The molecule has 0 spiro atoms. The van der Waals surface area contributed by atoms with Gasteiger partial charge in [0.15, 0.2) is 0 Å². The number of hydrogen-bond acceptors (Lipinski definition) is 3. The van der Waals surface area contributed by atoms with Crippen molar-refractivity contribution in [1.82, 2.24) is 20.1 Å². The minimum atomic E-state index is 0.234. The average molecular weight is 250 g/mol. The number of H-pyrrole nitrogens is 1. The Kier molecular flexibility index (Phi) is 4.43.